The van der Waals surface area contributed by atoms with Gasteiger partial charge in [-0.2, -0.15) is 0 Å². The van der Waals surface area contributed by atoms with E-state index < -0.39 is 0 Å². The molecule has 0 aliphatic carbocycles. The topological polar surface area (TPSA) is 44.1 Å². The highest BCUT2D eigenvalue weighted by Crippen LogP contribution is 2.04. The highest BCUT2D eigenvalue weighted by Gasteiger charge is 2.00. The van der Waals surface area contributed by atoms with Gasteiger partial charge in [0.15, 0.2) is 0 Å². The molecule has 0 aliphatic rings. The first-order valence-electron chi connectivity index (χ1n) is 3.98. The van der Waals surface area contributed by atoms with Crippen LogP contribution in [0, 0.1) is 5.41 Å². The van der Waals surface area contributed by atoms with E-state index in [0.717, 1.165) is 25.7 Å². The maximum Gasteiger partial charge on any atom is 0.0543 e. The van der Waals surface area contributed by atoms with E-state index in [0.29, 0.717) is 6.42 Å². The third-order valence-electron chi connectivity index (χ3n) is 1.54. The molecule has 1 atom stereocenters. The molecule has 0 rings (SSSR count). The standard InChI is InChI=1S/C8H17NO/c1-2-3-5-8(10)6-4-7-9/h7-10H,2-6H2,1H3. The van der Waals surface area contributed by atoms with E-state index in [4.69, 9.17) is 5.41 Å². The predicted octanol–water partition coefficient (Wildman–Crippen LogP) is 1.97. The Labute approximate surface area is 62.8 Å². The molecule has 0 spiro atoms. The van der Waals surface area contributed by atoms with Crippen LogP contribution in [0.4, 0.5) is 0 Å². The van der Waals surface area contributed by atoms with Crippen LogP contribution in [-0.4, -0.2) is 17.4 Å². The van der Waals surface area contributed by atoms with Crippen molar-refractivity contribution in [3.63, 3.8) is 0 Å². The molecule has 0 aromatic carbocycles. The van der Waals surface area contributed by atoms with Crippen LogP contribution < -0.4 is 0 Å². The Morgan fingerprint density at radius 2 is 2.20 bits per heavy atom. The monoisotopic (exact) mass is 143 g/mol. The molecular weight excluding hydrogens is 126 g/mol. The van der Waals surface area contributed by atoms with Crippen LogP contribution in [0.3, 0.4) is 0 Å². The summed E-state index contributed by atoms with van der Waals surface area (Å²) < 4.78 is 0. The Kier molecular flexibility index (Phi) is 6.50. The summed E-state index contributed by atoms with van der Waals surface area (Å²) in [5.41, 5.74) is 0. The Morgan fingerprint density at radius 1 is 1.50 bits per heavy atom. The van der Waals surface area contributed by atoms with Gasteiger partial charge in [-0.1, -0.05) is 19.8 Å². The van der Waals surface area contributed by atoms with Gasteiger partial charge in [0.25, 0.3) is 0 Å². The van der Waals surface area contributed by atoms with Gasteiger partial charge in [0.2, 0.25) is 0 Å². The van der Waals surface area contributed by atoms with E-state index in [1.807, 2.05) is 0 Å². The van der Waals surface area contributed by atoms with Crippen molar-refractivity contribution in [3.05, 3.63) is 0 Å². The van der Waals surface area contributed by atoms with Gasteiger partial charge in [-0.15, -0.1) is 0 Å². The second-order valence-corrected chi connectivity index (χ2v) is 2.58. The summed E-state index contributed by atoms with van der Waals surface area (Å²) in [7, 11) is 0. The smallest absolute Gasteiger partial charge is 0.0543 e. The second-order valence-electron chi connectivity index (χ2n) is 2.58. The molecule has 2 N–H and O–H groups in total. The molecule has 0 aromatic rings. The zero-order valence-electron chi connectivity index (χ0n) is 6.64. The number of aliphatic hydroxyl groups is 1. The van der Waals surface area contributed by atoms with Gasteiger partial charge in [0, 0.05) is 0 Å². The largest absolute Gasteiger partial charge is 0.393 e. The van der Waals surface area contributed by atoms with Gasteiger partial charge in [0.05, 0.1) is 6.10 Å². The molecule has 0 fully saturated rings. The van der Waals surface area contributed by atoms with Gasteiger partial charge >= 0.3 is 0 Å². The molecule has 1 unspecified atom stereocenters. The van der Waals surface area contributed by atoms with Gasteiger partial charge in [-0.05, 0) is 25.5 Å². The lowest BCUT2D eigenvalue weighted by Crippen LogP contribution is -2.05. The summed E-state index contributed by atoms with van der Waals surface area (Å²) in [5.74, 6) is 0. The summed E-state index contributed by atoms with van der Waals surface area (Å²) in [6.07, 6.45) is 5.77. The van der Waals surface area contributed by atoms with Crippen LogP contribution >= 0.6 is 0 Å². The van der Waals surface area contributed by atoms with Crippen molar-refractivity contribution >= 4 is 6.21 Å². The van der Waals surface area contributed by atoms with Crippen molar-refractivity contribution in [2.75, 3.05) is 0 Å². The molecular formula is C8H17NO. The van der Waals surface area contributed by atoms with E-state index in [2.05, 4.69) is 6.92 Å². The second kappa shape index (κ2) is 6.75. The van der Waals surface area contributed by atoms with Crippen molar-refractivity contribution in [1.82, 2.24) is 0 Å². The summed E-state index contributed by atoms with van der Waals surface area (Å²) in [4.78, 5) is 0. The minimum atomic E-state index is -0.179. The number of hydrogen-bond donors (Lipinski definition) is 2. The lowest BCUT2D eigenvalue weighted by Gasteiger charge is -2.06. The lowest BCUT2D eigenvalue weighted by molar-refractivity contribution is 0.154. The first-order valence-corrected chi connectivity index (χ1v) is 3.98. The first kappa shape index (κ1) is 9.63. The van der Waals surface area contributed by atoms with E-state index in [1.165, 1.54) is 6.21 Å². The number of rotatable bonds is 6. The molecule has 0 bridgehead atoms. The van der Waals surface area contributed by atoms with Crippen molar-refractivity contribution in [1.29, 1.82) is 5.41 Å². The minimum absolute atomic E-state index is 0.179. The van der Waals surface area contributed by atoms with E-state index in [-0.39, 0.29) is 6.10 Å². The molecule has 60 valence electrons. The van der Waals surface area contributed by atoms with Crippen LogP contribution in [0.15, 0.2) is 0 Å². The molecule has 0 radical (unpaired) electrons. The Hall–Kier alpha value is -0.370. The maximum absolute atomic E-state index is 9.21. The summed E-state index contributed by atoms with van der Waals surface area (Å²) in [5, 5.41) is 15.9. The average molecular weight is 143 g/mol. The van der Waals surface area contributed by atoms with Crippen molar-refractivity contribution < 1.29 is 5.11 Å². The molecule has 2 heteroatoms. The summed E-state index contributed by atoms with van der Waals surface area (Å²) in [6, 6.07) is 0. The number of nitrogens with one attached hydrogen (secondary N) is 1. The summed E-state index contributed by atoms with van der Waals surface area (Å²) in [6.45, 7) is 2.11. The van der Waals surface area contributed by atoms with Gasteiger partial charge < -0.3 is 10.5 Å². The highest BCUT2D eigenvalue weighted by molar-refractivity contribution is 5.52. The fraction of sp³-hybridized carbons (Fsp3) is 0.875. The molecule has 0 amide bonds. The number of hydrogen-bond acceptors (Lipinski definition) is 2. The predicted molar refractivity (Wildman–Crippen MR) is 43.5 cm³/mol. The van der Waals surface area contributed by atoms with Crippen molar-refractivity contribution in [3.8, 4) is 0 Å². The van der Waals surface area contributed by atoms with Crippen LogP contribution in [0.2, 0.25) is 0 Å². The third kappa shape index (κ3) is 5.76. The Morgan fingerprint density at radius 3 is 2.70 bits per heavy atom. The van der Waals surface area contributed by atoms with Crippen LogP contribution in [0.25, 0.3) is 0 Å². The molecule has 0 aromatic heterocycles. The Bertz CT molecular complexity index is 83.3. The van der Waals surface area contributed by atoms with Gasteiger partial charge in [-0.25, -0.2) is 0 Å². The average Bonchev–Trinajstić information content (AvgIpc) is 1.97. The highest BCUT2D eigenvalue weighted by atomic mass is 16.3. The van der Waals surface area contributed by atoms with E-state index >= 15 is 0 Å². The van der Waals surface area contributed by atoms with E-state index in [9.17, 15) is 5.11 Å². The third-order valence-corrected chi connectivity index (χ3v) is 1.54. The fourth-order valence-electron chi connectivity index (χ4n) is 0.860. The molecule has 10 heavy (non-hydrogen) atoms. The molecule has 0 aliphatic heterocycles. The van der Waals surface area contributed by atoms with Gasteiger partial charge in [-0.3, -0.25) is 0 Å². The zero-order chi connectivity index (χ0) is 7.82. The SMILES string of the molecule is CCCCC(O)CCC=N. The van der Waals surface area contributed by atoms with Crippen LogP contribution in [0.1, 0.15) is 39.0 Å². The lowest BCUT2D eigenvalue weighted by atomic mass is 10.1. The Balaban J connectivity index is 3.07. The zero-order valence-corrected chi connectivity index (χ0v) is 6.64. The van der Waals surface area contributed by atoms with Crippen LogP contribution in [0.5, 0.6) is 0 Å². The quantitative estimate of drug-likeness (QED) is 0.548. The summed E-state index contributed by atoms with van der Waals surface area (Å²) >= 11 is 0. The molecule has 0 heterocycles. The van der Waals surface area contributed by atoms with E-state index in [1.54, 1.807) is 0 Å². The fourth-order valence-corrected chi connectivity index (χ4v) is 0.860. The molecule has 0 saturated carbocycles. The van der Waals surface area contributed by atoms with Crippen molar-refractivity contribution in [2.24, 2.45) is 0 Å². The van der Waals surface area contributed by atoms with Crippen molar-refractivity contribution in [2.45, 2.75) is 45.1 Å². The molecule has 2 nitrogen and oxygen atoms in total. The molecule has 0 saturated heterocycles. The number of unbranched alkanes of at least 4 members (excludes halogenated alkanes) is 1. The van der Waals surface area contributed by atoms with Gasteiger partial charge in [0.1, 0.15) is 0 Å². The first-order chi connectivity index (χ1) is 4.81. The van der Waals surface area contributed by atoms with Crippen LogP contribution in [-0.2, 0) is 0 Å². The normalized spacial score (nSPS) is 13.0. The number of aliphatic hydroxyl groups excluding tert-OH is 1. The maximum atomic E-state index is 9.21. The minimum Gasteiger partial charge on any atom is -0.393 e.